The first kappa shape index (κ1) is 27.7. The van der Waals surface area contributed by atoms with Crippen LogP contribution < -0.4 is 5.32 Å². The van der Waals surface area contributed by atoms with Crippen LogP contribution in [-0.4, -0.2) is 55.8 Å². The van der Waals surface area contributed by atoms with Gasteiger partial charge in [-0.3, -0.25) is 0 Å². The first-order chi connectivity index (χ1) is 16.4. The molecule has 0 aromatic heterocycles. The predicted octanol–water partition coefficient (Wildman–Crippen LogP) is 4.67. The van der Waals surface area contributed by atoms with Crippen molar-refractivity contribution in [2.75, 3.05) is 13.2 Å². The molecule has 1 aliphatic heterocycles. The van der Waals surface area contributed by atoms with E-state index in [0.29, 0.717) is 38.9 Å². The first-order valence-electron chi connectivity index (χ1n) is 11.1. The van der Waals surface area contributed by atoms with Gasteiger partial charge in [-0.05, 0) is 63.1 Å². The predicted molar refractivity (Wildman–Crippen MR) is 121 cm³/mol. The summed E-state index contributed by atoms with van der Waals surface area (Å²) < 4.78 is 77.1. The molecule has 1 saturated heterocycles. The van der Waals surface area contributed by atoms with E-state index >= 15 is 0 Å². The lowest BCUT2D eigenvalue weighted by Gasteiger charge is -2.25. The van der Waals surface area contributed by atoms with Crippen LogP contribution in [-0.2, 0) is 25.5 Å². The Labute approximate surface area is 209 Å². The molecule has 2 N–H and O–H groups in total. The zero-order valence-electron chi connectivity index (χ0n) is 18.7. The van der Waals surface area contributed by atoms with Gasteiger partial charge in [0, 0.05) is 17.7 Å². The number of carbonyl (C=O) groups is 1. The van der Waals surface area contributed by atoms with Crippen molar-refractivity contribution in [2.45, 2.75) is 79.0 Å². The number of benzene rings is 1. The lowest BCUT2D eigenvalue weighted by molar-refractivity contribution is -0.139. The zero-order chi connectivity index (χ0) is 25.9. The normalized spacial score (nSPS) is 24.1. The molecule has 2 aliphatic carbocycles. The van der Waals surface area contributed by atoms with Gasteiger partial charge in [0.05, 0.1) is 34.0 Å². The molecule has 3 fully saturated rings. The Kier molecular flexibility index (Phi) is 8.73. The molecule has 1 heterocycles. The third kappa shape index (κ3) is 7.31. The van der Waals surface area contributed by atoms with Gasteiger partial charge in [0.2, 0.25) is 0 Å². The SMILES string of the molecule is N#CC1(NC(=O)O)CC1.O=S(=O)(c1ccc(Br)cc1C(F)(F)F)[C@H]1CC[C@H](OC2CCOCC2)C1. The highest BCUT2D eigenvalue weighted by Gasteiger charge is 2.45. The molecule has 1 amide bonds. The molecule has 0 unspecified atom stereocenters. The van der Waals surface area contributed by atoms with Gasteiger partial charge in [-0.15, -0.1) is 0 Å². The summed E-state index contributed by atoms with van der Waals surface area (Å²) in [7, 11) is -4.09. The van der Waals surface area contributed by atoms with Gasteiger partial charge in [0.15, 0.2) is 9.84 Å². The number of hydrogen-bond donors (Lipinski definition) is 2. The second-order valence-corrected chi connectivity index (χ2v) is 11.9. The minimum atomic E-state index is -4.73. The molecule has 3 aliphatic rings. The van der Waals surface area contributed by atoms with Gasteiger partial charge in [0.1, 0.15) is 5.54 Å². The highest BCUT2D eigenvalue weighted by Crippen LogP contribution is 2.40. The lowest BCUT2D eigenvalue weighted by Crippen LogP contribution is -2.33. The highest BCUT2D eigenvalue weighted by atomic mass is 79.9. The van der Waals surface area contributed by atoms with E-state index in [9.17, 15) is 26.4 Å². The van der Waals surface area contributed by atoms with Gasteiger partial charge in [0.25, 0.3) is 0 Å². The Morgan fingerprint density at radius 3 is 2.37 bits per heavy atom. The summed E-state index contributed by atoms with van der Waals surface area (Å²) in [4.78, 5) is 9.30. The van der Waals surface area contributed by atoms with E-state index in [1.165, 1.54) is 6.07 Å². The molecule has 0 bridgehead atoms. The van der Waals surface area contributed by atoms with Crippen molar-refractivity contribution < 1.29 is 41.0 Å². The standard InChI is InChI=1S/C17H20BrF3O4S.C5H6N2O2/c18-11-1-4-16(15(9-11)17(19,20)21)26(22,23)14-3-2-13(10-14)25-12-5-7-24-8-6-12;6-3-5(1-2-5)7-4(8)9/h1,4,9,12-14H,2-3,5-8,10H2;7H,1-2H2,(H,8,9)/t13-,14-;/m0./s1. The molecular formula is C22H26BrF3N2O6S. The second kappa shape index (κ2) is 11.0. The molecule has 2 saturated carbocycles. The molecule has 0 radical (unpaired) electrons. The Morgan fingerprint density at radius 1 is 1.20 bits per heavy atom. The van der Waals surface area contributed by atoms with Crippen LogP contribution in [0.25, 0.3) is 0 Å². The van der Waals surface area contributed by atoms with Crippen LogP contribution in [0, 0.1) is 11.3 Å². The van der Waals surface area contributed by atoms with Crippen LogP contribution in [0.2, 0.25) is 0 Å². The lowest BCUT2D eigenvalue weighted by atomic mass is 10.1. The van der Waals surface area contributed by atoms with Gasteiger partial charge in [-0.25, -0.2) is 13.2 Å². The maximum atomic E-state index is 13.3. The molecule has 0 spiro atoms. The summed E-state index contributed by atoms with van der Waals surface area (Å²) in [6, 6.07) is 5.07. The summed E-state index contributed by atoms with van der Waals surface area (Å²) in [5, 5.41) is 17.8. The smallest absolute Gasteiger partial charge is 0.417 e. The number of halogens is 4. The van der Waals surface area contributed by atoms with Gasteiger partial charge < -0.3 is 19.9 Å². The fourth-order valence-electron chi connectivity index (χ4n) is 4.14. The largest absolute Gasteiger partial charge is 0.465 e. The van der Waals surface area contributed by atoms with Crippen molar-refractivity contribution in [1.82, 2.24) is 5.32 Å². The Bertz CT molecular complexity index is 1070. The quantitative estimate of drug-likeness (QED) is 0.516. The maximum absolute atomic E-state index is 13.3. The van der Waals surface area contributed by atoms with Crippen LogP contribution in [0.5, 0.6) is 0 Å². The fourth-order valence-corrected chi connectivity index (χ4v) is 6.51. The summed E-state index contributed by atoms with van der Waals surface area (Å²) in [5.41, 5.74) is -1.85. The number of hydrogen-bond acceptors (Lipinski definition) is 6. The van der Waals surface area contributed by atoms with E-state index in [-0.39, 0.29) is 23.1 Å². The average molecular weight is 583 g/mol. The summed E-state index contributed by atoms with van der Waals surface area (Å²) in [5.74, 6) is 0. The van der Waals surface area contributed by atoms with Crippen molar-refractivity contribution in [3.63, 3.8) is 0 Å². The second-order valence-electron chi connectivity index (χ2n) is 8.81. The number of nitrogens with zero attached hydrogens (tertiary/aromatic N) is 1. The number of sulfone groups is 1. The molecule has 1 aromatic carbocycles. The topological polar surface area (TPSA) is 126 Å². The van der Waals surface area contributed by atoms with Crippen molar-refractivity contribution in [2.24, 2.45) is 0 Å². The van der Waals surface area contributed by atoms with Gasteiger partial charge in [-0.1, -0.05) is 15.9 Å². The van der Waals surface area contributed by atoms with Gasteiger partial charge in [-0.2, -0.15) is 18.4 Å². The van der Waals surface area contributed by atoms with Crippen molar-refractivity contribution >= 4 is 31.9 Å². The van der Waals surface area contributed by atoms with E-state index < -0.39 is 43.4 Å². The molecular weight excluding hydrogens is 557 g/mol. The minimum absolute atomic E-state index is 0.0358. The molecule has 13 heteroatoms. The van der Waals surface area contributed by atoms with E-state index in [2.05, 4.69) is 21.2 Å². The molecule has 194 valence electrons. The highest BCUT2D eigenvalue weighted by molar-refractivity contribution is 9.10. The monoisotopic (exact) mass is 582 g/mol. The number of ether oxygens (including phenoxy) is 2. The minimum Gasteiger partial charge on any atom is -0.465 e. The molecule has 4 rings (SSSR count). The van der Waals surface area contributed by atoms with E-state index in [4.69, 9.17) is 19.8 Å². The zero-order valence-corrected chi connectivity index (χ0v) is 21.1. The number of nitrogens with one attached hydrogen (secondary N) is 1. The van der Waals surface area contributed by atoms with Crippen molar-refractivity contribution in [3.05, 3.63) is 28.2 Å². The number of carboxylic acid groups (broad SMARTS) is 1. The average Bonchev–Trinajstić information content (AvgIpc) is 3.39. The van der Waals surface area contributed by atoms with E-state index in [1.54, 1.807) is 0 Å². The number of nitriles is 1. The van der Waals surface area contributed by atoms with Crippen molar-refractivity contribution in [1.29, 1.82) is 5.26 Å². The van der Waals surface area contributed by atoms with Crippen LogP contribution in [0.15, 0.2) is 27.6 Å². The van der Waals surface area contributed by atoms with Crippen LogP contribution in [0.4, 0.5) is 18.0 Å². The third-order valence-corrected chi connectivity index (χ3v) is 8.96. The first-order valence-corrected chi connectivity index (χ1v) is 13.5. The van der Waals surface area contributed by atoms with Crippen LogP contribution in [0.3, 0.4) is 0 Å². The Hall–Kier alpha value is -1.88. The van der Waals surface area contributed by atoms with E-state index in [0.717, 1.165) is 25.0 Å². The summed E-state index contributed by atoms with van der Waals surface area (Å²) >= 11 is 2.98. The van der Waals surface area contributed by atoms with Crippen LogP contribution >= 0.6 is 15.9 Å². The Balaban J connectivity index is 0.000000320. The molecule has 8 nitrogen and oxygen atoms in total. The Morgan fingerprint density at radius 2 is 1.86 bits per heavy atom. The summed E-state index contributed by atoms with van der Waals surface area (Å²) in [6.45, 7) is 1.24. The van der Waals surface area contributed by atoms with E-state index in [1.807, 2.05) is 6.07 Å². The molecule has 1 aromatic rings. The number of rotatable bonds is 5. The summed E-state index contributed by atoms with van der Waals surface area (Å²) in [6.07, 6.45) is -2.15. The maximum Gasteiger partial charge on any atom is 0.417 e. The number of amides is 1. The number of alkyl halides is 3. The molecule has 35 heavy (non-hydrogen) atoms. The third-order valence-electron chi connectivity index (χ3n) is 6.19. The molecule has 2 atom stereocenters. The van der Waals surface area contributed by atoms with Gasteiger partial charge >= 0.3 is 12.3 Å². The van der Waals surface area contributed by atoms with Crippen molar-refractivity contribution in [3.8, 4) is 6.07 Å². The fraction of sp³-hybridized carbons (Fsp3) is 0.636. The van der Waals surface area contributed by atoms with Crippen LogP contribution in [0.1, 0.15) is 50.5 Å².